The highest BCUT2D eigenvalue weighted by atomic mass is 19.1. The van der Waals surface area contributed by atoms with Crippen LogP contribution in [0.25, 0.3) is 5.82 Å². The SMILES string of the molecule is O=C(NNC(=O)c1ccccc1F)c1ccc(-n2ccnc2)nc1. The Morgan fingerprint density at radius 3 is 2.50 bits per heavy atom. The van der Waals surface area contributed by atoms with Crippen molar-refractivity contribution in [1.82, 2.24) is 25.4 Å². The maximum Gasteiger partial charge on any atom is 0.272 e. The second-order valence-electron chi connectivity index (χ2n) is 4.76. The number of amides is 2. The number of hydrogen-bond donors (Lipinski definition) is 2. The Kier molecular flexibility index (Phi) is 4.28. The van der Waals surface area contributed by atoms with Crippen molar-refractivity contribution >= 4 is 11.8 Å². The lowest BCUT2D eigenvalue weighted by Gasteiger charge is -2.08. The molecule has 0 aliphatic carbocycles. The molecule has 120 valence electrons. The highest BCUT2D eigenvalue weighted by Crippen LogP contribution is 2.06. The quantitative estimate of drug-likeness (QED) is 0.714. The second-order valence-corrected chi connectivity index (χ2v) is 4.76. The van der Waals surface area contributed by atoms with E-state index in [1.54, 1.807) is 35.4 Å². The zero-order chi connectivity index (χ0) is 16.9. The molecule has 0 fully saturated rings. The van der Waals surface area contributed by atoms with Crippen molar-refractivity contribution in [3.8, 4) is 5.82 Å². The minimum absolute atomic E-state index is 0.161. The average Bonchev–Trinajstić information content (AvgIpc) is 3.14. The fraction of sp³-hybridized carbons (Fsp3) is 0. The Morgan fingerprint density at radius 2 is 1.83 bits per heavy atom. The van der Waals surface area contributed by atoms with Crippen molar-refractivity contribution < 1.29 is 14.0 Å². The molecule has 0 saturated heterocycles. The van der Waals surface area contributed by atoms with Gasteiger partial charge in [-0.2, -0.15) is 0 Å². The molecule has 0 spiro atoms. The lowest BCUT2D eigenvalue weighted by Crippen LogP contribution is -2.42. The van der Waals surface area contributed by atoms with Crippen LogP contribution in [0.2, 0.25) is 0 Å². The van der Waals surface area contributed by atoms with Crippen LogP contribution in [-0.2, 0) is 0 Å². The van der Waals surface area contributed by atoms with Crippen LogP contribution in [0, 0.1) is 5.82 Å². The van der Waals surface area contributed by atoms with Gasteiger partial charge in [0, 0.05) is 18.6 Å². The Balaban J connectivity index is 1.63. The second kappa shape index (κ2) is 6.69. The summed E-state index contributed by atoms with van der Waals surface area (Å²) in [6.07, 6.45) is 6.27. The van der Waals surface area contributed by atoms with Gasteiger partial charge in [0.2, 0.25) is 0 Å². The van der Waals surface area contributed by atoms with Gasteiger partial charge in [0.05, 0.1) is 11.1 Å². The maximum absolute atomic E-state index is 13.5. The smallest absolute Gasteiger partial charge is 0.272 e. The first-order valence-electron chi connectivity index (χ1n) is 6.95. The number of aromatic nitrogens is 3. The first-order valence-corrected chi connectivity index (χ1v) is 6.95. The van der Waals surface area contributed by atoms with Crippen molar-refractivity contribution in [2.24, 2.45) is 0 Å². The van der Waals surface area contributed by atoms with Crippen LogP contribution >= 0.6 is 0 Å². The molecule has 1 aromatic carbocycles. The van der Waals surface area contributed by atoms with Crippen LogP contribution in [0.4, 0.5) is 4.39 Å². The van der Waals surface area contributed by atoms with E-state index in [2.05, 4.69) is 20.8 Å². The third kappa shape index (κ3) is 3.27. The van der Waals surface area contributed by atoms with E-state index in [1.165, 1.54) is 24.4 Å². The molecule has 7 nitrogen and oxygen atoms in total. The zero-order valence-electron chi connectivity index (χ0n) is 12.3. The van der Waals surface area contributed by atoms with Gasteiger partial charge in [0.25, 0.3) is 11.8 Å². The predicted octanol–water partition coefficient (Wildman–Crippen LogP) is 1.48. The van der Waals surface area contributed by atoms with E-state index in [4.69, 9.17) is 0 Å². The summed E-state index contributed by atoms with van der Waals surface area (Å²) in [4.78, 5) is 31.8. The van der Waals surface area contributed by atoms with E-state index < -0.39 is 17.6 Å². The van der Waals surface area contributed by atoms with Crippen LogP contribution in [0.1, 0.15) is 20.7 Å². The molecule has 0 saturated carbocycles. The molecule has 0 aliphatic heterocycles. The summed E-state index contributed by atoms with van der Waals surface area (Å²) in [5.41, 5.74) is 4.46. The molecule has 2 aromatic heterocycles. The summed E-state index contributed by atoms with van der Waals surface area (Å²) in [7, 11) is 0. The van der Waals surface area contributed by atoms with Gasteiger partial charge in [-0.1, -0.05) is 12.1 Å². The molecule has 3 aromatic rings. The molecular weight excluding hydrogens is 313 g/mol. The van der Waals surface area contributed by atoms with Crippen LogP contribution < -0.4 is 10.9 Å². The van der Waals surface area contributed by atoms with Gasteiger partial charge in [-0.25, -0.2) is 14.4 Å². The van der Waals surface area contributed by atoms with E-state index in [0.717, 1.165) is 6.07 Å². The van der Waals surface area contributed by atoms with Crippen molar-refractivity contribution in [3.05, 3.63) is 78.3 Å². The molecule has 0 aliphatic rings. The van der Waals surface area contributed by atoms with Gasteiger partial charge in [0.1, 0.15) is 18.0 Å². The number of carbonyl (C=O) groups excluding carboxylic acids is 2. The third-order valence-electron chi connectivity index (χ3n) is 3.19. The highest BCUT2D eigenvalue weighted by molar-refractivity contribution is 5.99. The van der Waals surface area contributed by atoms with Gasteiger partial charge in [0.15, 0.2) is 0 Å². The molecule has 2 N–H and O–H groups in total. The molecular formula is C16H12FN5O2. The van der Waals surface area contributed by atoms with E-state index in [-0.39, 0.29) is 11.1 Å². The van der Waals surface area contributed by atoms with Crippen LogP contribution in [0.5, 0.6) is 0 Å². The van der Waals surface area contributed by atoms with Crippen molar-refractivity contribution in [2.75, 3.05) is 0 Å². The first kappa shape index (κ1) is 15.3. The number of hydrogen-bond acceptors (Lipinski definition) is 4. The van der Waals surface area contributed by atoms with Gasteiger partial charge < -0.3 is 0 Å². The number of nitrogens with one attached hydrogen (secondary N) is 2. The largest absolute Gasteiger partial charge is 0.291 e. The first-order chi connectivity index (χ1) is 11.6. The zero-order valence-corrected chi connectivity index (χ0v) is 12.3. The lowest BCUT2D eigenvalue weighted by molar-refractivity contribution is 0.0844. The molecule has 0 radical (unpaired) electrons. The standard InChI is InChI=1S/C16H12FN5O2/c17-13-4-2-1-3-12(13)16(24)21-20-15(23)11-5-6-14(19-9-11)22-8-7-18-10-22/h1-10H,(H,20,23)(H,21,24). The van der Waals surface area contributed by atoms with E-state index in [1.807, 2.05) is 0 Å². The number of carbonyl (C=O) groups is 2. The normalized spacial score (nSPS) is 10.2. The number of pyridine rings is 1. The van der Waals surface area contributed by atoms with Crippen LogP contribution in [0.15, 0.2) is 61.3 Å². The van der Waals surface area contributed by atoms with Crippen LogP contribution in [-0.4, -0.2) is 26.3 Å². The number of imidazole rings is 1. The van der Waals surface area contributed by atoms with Crippen LogP contribution in [0.3, 0.4) is 0 Å². The Bertz CT molecular complexity index is 862. The molecule has 2 amide bonds. The van der Waals surface area contributed by atoms with Gasteiger partial charge in [-0.3, -0.25) is 25.0 Å². The summed E-state index contributed by atoms with van der Waals surface area (Å²) in [6.45, 7) is 0. The molecule has 0 unspecified atom stereocenters. The van der Waals surface area contributed by atoms with Gasteiger partial charge in [-0.15, -0.1) is 0 Å². The summed E-state index contributed by atoms with van der Waals surface area (Å²) in [6, 6.07) is 8.66. The van der Waals surface area contributed by atoms with Crippen molar-refractivity contribution in [1.29, 1.82) is 0 Å². The molecule has 2 heterocycles. The molecule has 0 bridgehead atoms. The van der Waals surface area contributed by atoms with Crippen molar-refractivity contribution in [2.45, 2.75) is 0 Å². The van der Waals surface area contributed by atoms with Gasteiger partial charge >= 0.3 is 0 Å². The molecule has 8 heteroatoms. The molecule has 3 rings (SSSR count). The number of nitrogens with zero attached hydrogens (tertiary/aromatic N) is 3. The fourth-order valence-corrected chi connectivity index (χ4v) is 1.97. The minimum Gasteiger partial charge on any atom is -0.291 e. The van der Waals surface area contributed by atoms with E-state index >= 15 is 0 Å². The van der Waals surface area contributed by atoms with Gasteiger partial charge in [-0.05, 0) is 24.3 Å². The number of hydrazine groups is 1. The van der Waals surface area contributed by atoms with Crippen molar-refractivity contribution in [3.63, 3.8) is 0 Å². The summed E-state index contributed by atoms with van der Waals surface area (Å²) in [5.74, 6) is -1.39. The Morgan fingerprint density at radius 1 is 1.04 bits per heavy atom. The Labute approximate surface area is 136 Å². The molecule has 24 heavy (non-hydrogen) atoms. The summed E-state index contributed by atoms with van der Waals surface area (Å²) in [5, 5.41) is 0. The maximum atomic E-state index is 13.5. The molecule has 0 atom stereocenters. The number of rotatable bonds is 3. The predicted molar refractivity (Wildman–Crippen MR) is 82.7 cm³/mol. The van der Waals surface area contributed by atoms with E-state index in [9.17, 15) is 14.0 Å². The monoisotopic (exact) mass is 325 g/mol. The third-order valence-corrected chi connectivity index (χ3v) is 3.19. The average molecular weight is 325 g/mol. The summed E-state index contributed by atoms with van der Waals surface area (Å²) < 4.78 is 15.2. The number of halogens is 1. The fourth-order valence-electron chi connectivity index (χ4n) is 1.97. The van der Waals surface area contributed by atoms with E-state index in [0.29, 0.717) is 5.82 Å². The number of benzene rings is 1. The Hall–Kier alpha value is -3.55. The lowest BCUT2D eigenvalue weighted by atomic mass is 10.2. The topological polar surface area (TPSA) is 88.9 Å². The summed E-state index contributed by atoms with van der Waals surface area (Å²) >= 11 is 0. The minimum atomic E-state index is -0.746. The highest BCUT2D eigenvalue weighted by Gasteiger charge is 2.12.